The summed E-state index contributed by atoms with van der Waals surface area (Å²) in [5, 5.41) is 6.95. The van der Waals surface area contributed by atoms with Gasteiger partial charge in [0.25, 0.3) is 0 Å². The molecule has 1 aromatic carbocycles. The third kappa shape index (κ3) is 2.82. The molecule has 0 bridgehead atoms. The molecule has 1 aromatic heterocycles. The summed E-state index contributed by atoms with van der Waals surface area (Å²) in [7, 11) is 0. The lowest BCUT2D eigenvalue weighted by Crippen LogP contribution is -2.43. The number of rotatable bonds is 3. The summed E-state index contributed by atoms with van der Waals surface area (Å²) in [4.78, 5) is 12.0. The van der Waals surface area contributed by atoms with Gasteiger partial charge in [-0.3, -0.25) is 4.79 Å². The molecule has 1 saturated heterocycles. The molecule has 4 nitrogen and oxygen atoms in total. The molecule has 2 heterocycles. The Hall–Kier alpha value is -1.88. The van der Waals surface area contributed by atoms with Gasteiger partial charge in [-0.15, -0.1) is 0 Å². The van der Waals surface area contributed by atoms with Gasteiger partial charge in [0, 0.05) is 17.0 Å². The summed E-state index contributed by atoms with van der Waals surface area (Å²) < 4.78 is 18.6. The van der Waals surface area contributed by atoms with Crippen LogP contribution in [0.15, 0.2) is 28.9 Å². The average Bonchev–Trinajstić information content (AvgIpc) is 2.82. The molecular weight excluding hydrogens is 259 g/mol. The van der Waals surface area contributed by atoms with Crippen LogP contribution in [0.5, 0.6) is 0 Å². The molecule has 1 fully saturated rings. The minimum absolute atomic E-state index is 0.0381. The highest BCUT2D eigenvalue weighted by Gasteiger charge is 2.17. The lowest BCUT2D eigenvalue weighted by molar-refractivity contribution is -0.121. The third-order valence-electron chi connectivity index (χ3n) is 3.67. The van der Waals surface area contributed by atoms with Gasteiger partial charge in [0.1, 0.15) is 11.4 Å². The standard InChI is InChI=1S/C15H17FN2O2/c16-11-1-2-14-13(8-11)10(9-20-14)7-15(19)18-12-3-5-17-6-4-12/h1-2,8-9,12,17H,3-7H2,(H,18,19). The molecular formula is C15H17FN2O2. The first-order valence-electron chi connectivity index (χ1n) is 6.88. The summed E-state index contributed by atoms with van der Waals surface area (Å²) >= 11 is 0. The van der Waals surface area contributed by atoms with E-state index >= 15 is 0 Å². The summed E-state index contributed by atoms with van der Waals surface area (Å²) in [5.74, 6) is -0.359. The van der Waals surface area contributed by atoms with E-state index in [9.17, 15) is 9.18 Å². The second-order valence-corrected chi connectivity index (χ2v) is 5.17. The highest BCUT2D eigenvalue weighted by Crippen LogP contribution is 2.22. The minimum Gasteiger partial charge on any atom is -0.464 e. The summed E-state index contributed by atoms with van der Waals surface area (Å²) in [5.41, 5.74) is 1.34. The Kier molecular flexibility index (Phi) is 3.69. The zero-order valence-corrected chi connectivity index (χ0v) is 11.1. The Bertz CT molecular complexity index is 617. The van der Waals surface area contributed by atoms with Crippen LogP contribution in [0.25, 0.3) is 11.0 Å². The van der Waals surface area contributed by atoms with E-state index in [1.165, 1.54) is 18.4 Å². The third-order valence-corrected chi connectivity index (χ3v) is 3.67. The van der Waals surface area contributed by atoms with Crippen molar-refractivity contribution >= 4 is 16.9 Å². The molecule has 1 aliphatic rings. The van der Waals surface area contributed by atoms with Crippen molar-refractivity contribution in [3.63, 3.8) is 0 Å². The van der Waals surface area contributed by atoms with E-state index in [-0.39, 0.29) is 24.2 Å². The molecule has 0 saturated carbocycles. The summed E-state index contributed by atoms with van der Waals surface area (Å²) in [6.45, 7) is 1.87. The fourth-order valence-electron chi connectivity index (χ4n) is 2.61. The smallest absolute Gasteiger partial charge is 0.224 e. The van der Waals surface area contributed by atoms with E-state index in [1.54, 1.807) is 6.07 Å². The fourth-order valence-corrected chi connectivity index (χ4v) is 2.61. The van der Waals surface area contributed by atoms with E-state index in [2.05, 4.69) is 10.6 Å². The first-order valence-corrected chi connectivity index (χ1v) is 6.88. The Morgan fingerprint density at radius 2 is 2.20 bits per heavy atom. The average molecular weight is 276 g/mol. The molecule has 1 amide bonds. The van der Waals surface area contributed by atoms with Crippen molar-refractivity contribution in [2.75, 3.05) is 13.1 Å². The number of carbonyl (C=O) groups is 1. The normalized spacial score (nSPS) is 16.4. The molecule has 3 rings (SSSR count). The van der Waals surface area contributed by atoms with Crippen molar-refractivity contribution in [2.24, 2.45) is 0 Å². The fraction of sp³-hybridized carbons (Fsp3) is 0.400. The van der Waals surface area contributed by atoms with Gasteiger partial charge in [-0.1, -0.05) is 0 Å². The topological polar surface area (TPSA) is 54.3 Å². The number of hydrogen-bond acceptors (Lipinski definition) is 3. The Morgan fingerprint density at radius 1 is 1.40 bits per heavy atom. The zero-order valence-electron chi connectivity index (χ0n) is 11.1. The molecule has 0 spiro atoms. The van der Waals surface area contributed by atoms with Crippen LogP contribution in [0.2, 0.25) is 0 Å². The summed E-state index contributed by atoms with van der Waals surface area (Å²) in [6.07, 6.45) is 3.66. The van der Waals surface area contributed by atoms with Gasteiger partial charge in [0.05, 0.1) is 12.7 Å². The number of piperidine rings is 1. The van der Waals surface area contributed by atoms with E-state index < -0.39 is 0 Å². The predicted molar refractivity (Wildman–Crippen MR) is 73.9 cm³/mol. The van der Waals surface area contributed by atoms with Crippen LogP contribution in [-0.2, 0) is 11.2 Å². The Balaban J connectivity index is 1.69. The number of amides is 1. The van der Waals surface area contributed by atoms with Gasteiger partial charge >= 0.3 is 0 Å². The van der Waals surface area contributed by atoms with Gasteiger partial charge < -0.3 is 15.1 Å². The first-order chi connectivity index (χ1) is 9.72. The number of halogens is 1. The number of carbonyl (C=O) groups excluding carboxylic acids is 1. The molecule has 0 unspecified atom stereocenters. The second kappa shape index (κ2) is 5.63. The largest absolute Gasteiger partial charge is 0.464 e. The number of furan rings is 1. The quantitative estimate of drug-likeness (QED) is 0.901. The maximum Gasteiger partial charge on any atom is 0.224 e. The van der Waals surface area contributed by atoms with Gasteiger partial charge in [-0.25, -0.2) is 4.39 Å². The zero-order chi connectivity index (χ0) is 13.9. The Morgan fingerprint density at radius 3 is 3.00 bits per heavy atom. The molecule has 0 aliphatic carbocycles. The van der Waals surface area contributed by atoms with Crippen LogP contribution < -0.4 is 10.6 Å². The van der Waals surface area contributed by atoms with Crippen LogP contribution >= 0.6 is 0 Å². The van der Waals surface area contributed by atoms with Crippen molar-refractivity contribution < 1.29 is 13.6 Å². The van der Waals surface area contributed by atoms with Crippen LogP contribution in [0.1, 0.15) is 18.4 Å². The molecule has 1 aliphatic heterocycles. The van der Waals surface area contributed by atoms with Crippen LogP contribution in [-0.4, -0.2) is 25.0 Å². The lowest BCUT2D eigenvalue weighted by atomic mass is 10.1. The van der Waals surface area contributed by atoms with Crippen molar-refractivity contribution in [1.29, 1.82) is 0 Å². The van der Waals surface area contributed by atoms with Crippen molar-refractivity contribution in [1.82, 2.24) is 10.6 Å². The van der Waals surface area contributed by atoms with Crippen molar-refractivity contribution in [3.8, 4) is 0 Å². The molecule has 5 heteroatoms. The monoisotopic (exact) mass is 276 g/mol. The molecule has 2 aromatic rings. The van der Waals surface area contributed by atoms with E-state index in [1.807, 2.05) is 0 Å². The molecule has 2 N–H and O–H groups in total. The van der Waals surface area contributed by atoms with Crippen molar-refractivity contribution in [2.45, 2.75) is 25.3 Å². The van der Waals surface area contributed by atoms with Gasteiger partial charge in [0.15, 0.2) is 0 Å². The van der Waals surface area contributed by atoms with Gasteiger partial charge in [-0.2, -0.15) is 0 Å². The predicted octanol–water partition coefficient (Wildman–Crippen LogP) is 1.98. The van der Waals surface area contributed by atoms with E-state index in [0.29, 0.717) is 11.0 Å². The van der Waals surface area contributed by atoms with Crippen LogP contribution in [0, 0.1) is 5.82 Å². The minimum atomic E-state index is -0.320. The number of benzene rings is 1. The first kappa shape index (κ1) is 13.1. The van der Waals surface area contributed by atoms with Gasteiger partial charge in [0.2, 0.25) is 5.91 Å². The van der Waals surface area contributed by atoms with E-state index in [0.717, 1.165) is 31.5 Å². The van der Waals surface area contributed by atoms with Crippen molar-refractivity contribution in [3.05, 3.63) is 35.8 Å². The van der Waals surface area contributed by atoms with Gasteiger partial charge in [-0.05, 0) is 44.1 Å². The molecule has 0 radical (unpaired) electrons. The second-order valence-electron chi connectivity index (χ2n) is 5.17. The SMILES string of the molecule is O=C(Cc1coc2ccc(F)cc12)NC1CCNCC1. The highest BCUT2D eigenvalue weighted by atomic mass is 19.1. The number of fused-ring (bicyclic) bond motifs is 1. The number of nitrogens with one attached hydrogen (secondary N) is 2. The summed E-state index contributed by atoms with van der Waals surface area (Å²) in [6, 6.07) is 4.58. The maximum atomic E-state index is 13.3. The van der Waals surface area contributed by atoms with Crippen LogP contribution in [0.3, 0.4) is 0 Å². The highest BCUT2D eigenvalue weighted by molar-refractivity contribution is 5.87. The van der Waals surface area contributed by atoms with E-state index in [4.69, 9.17) is 4.42 Å². The molecule has 0 atom stereocenters. The van der Waals surface area contributed by atoms with Crippen LogP contribution in [0.4, 0.5) is 4.39 Å². The molecule has 20 heavy (non-hydrogen) atoms. The Labute approximate surface area is 116 Å². The molecule has 106 valence electrons. The maximum absolute atomic E-state index is 13.3. The number of hydrogen-bond donors (Lipinski definition) is 2. The lowest BCUT2D eigenvalue weighted by Gasteiger charge is -2.23.